The predicted molar refractivity (Wildman–Crippen MR) is 117 cm³/mol. The Morgan fingerprint density at radius 1 is 1.03 bits per heavy atom. The van der Waals surface area contributed by atoms with Crippen molar-refractivity contribution in [3.05, 3.63) is 52.5 Å². The normalized spacial score (nSPS) is 11.3. The van der Waals surface area contributed by atoms with Crippen molar-refractivity contribution in [3.63, 3.8) is 0 Å². The van der Waals surface area contributed by atoms with Crippen molar-refractivity contribution in [2.24, 2.45) is 0 Å². The summed E-state index contributed by atoms with van der Waals surface area (Å²) in [6.07, 6.45) is -4.46. The molecule has 11 heteroatoms. The average Bonchev–Trinajstić information content (AvgIpc) is 2.74. The van der Waals surface area contributed by atoms with Gasteiger partial charge >= 0.3 is 12.1 Å². The van der Waals surface area contributed by atoms with E-state index >= 15 is 0 Å². The van der Waals surface area contributed by atoms with E-state index in [-0.39, 0.29) is 26.2 Å². The maximum Gasteiger partial charge on any atom is 0.416 e. The molecule has 0 aliphatic heterocycles. The number of methoxy groups -OCH3 is 2. The van der Waals surface area contributed by atoms with Gasteiger partial charge < -0.3 is 19.5 Å². The van der Waals surface area contributed by atoms with Crippen LogP contribution in [-0.2, 0) is 27.0 Å². The van der Waals surface area contributed by atoms with Crippen molar-refractivity contribution < 1.29 is 37.0 Å². The summed E-state index contributed by atoms with van der Waals surface area (Å²) in [7, 11) is 2.83. The molecule has 33 heavy (non-hydrogen) atoms. The number of anilines is 1. The van der Waals surface area contributed by atoms with Crippen molar-refractivity contribution in [1.29, 1.82) is 0 Å². The molecular weight excluding hydrogens is 465 g/mol. The molecule has 0 aliphatic carbocycles. The Bertz CT molecular complexity index is 968. The molecular formula is C22H24ClF3N2O5. The molecule has 1 N–H and O–H groups in total. The molecule has 0 aromatic heterocycles. The Labute approximate surface area is 194 Å². The summed E-state index contributed by atoms with van der Waals surface area (Å²) in [6.45, 7) is 1.37. The molecule has 0 heterocycles. The number of carbonyl (C=O) groups excluding carboxylic acids is 2. The molecule has 0 spiro atoms. The number of carbonyl (C=O) groups is 2. The number of nitrogens with zero attached hydrogens (tertiary/aromatic N) is 1. The Kier molecular flexibility index (Phi) is 9.36. The maximum atomic E-state index is 12.8. The smallest absolute Gasteiger partial charge is 0.416 e. The predicted octanol–water partition coefficient (Wildman–Crippen LogP) is 4.38. The van der Waals surface area contributed by atoms with E-state index in [0.717, 1.165) is 12.1 Å². The second kappa shape index (κ2) is 11.8. The van der Waals surface area contributed by atoms with Crippen molar-refractivity contribution in [2.45, 2.75) is 19.6 Å². The highest BCUT2D eigenvalue weighted by Gasteiger charge is 2.30. The van der Waals surface area contributed by atoms with Crippen LogP contribution in [0.2, 0.25) is 5.02 Å². The van der Waals surface area contributed by atoms with Gasteiger partial charge in [-0.3, -0.25) is 14.5 Å². The fraction of sp³-hybridized carbons (Fsp3) is 0.364. The minimum absolute atomic E-state index is 0.0471. The lowest BCUT2D eigenvalue weighted by Gasteiger charge is -2.22. The monoisotopic (exact) mass is 488 g/mol. The number of nitrogens with one attached hydrogen (secondary N) is 1. The quantitative estimate of drug-likeness (QED) is 0.500. The van der Waals surface area contributed by atoms with Gasteiger partial charge in [0.2, 0.25) is 5.91 Å². The third kappa shape index (κ3) is 7.83. The lowest BCUT2D eigenvalue weighted by atomic mass is 10.1. The summed E-state index contributed by atoms with van der Waals surface area (Å²) in [6, 6.07) is 7.46. The first-order valence-corrected chi connectivity index (χ1v) is 10.2. The van der Waals surface area contributed by atoms with E-state index in [1.54, 1.807) is 6.92 Å². The lowest BCUT2D eigenvalue weighted by Crippen LogP contribution is -2.37. The van der Waals surface area contributed by atoms with Gasteiger partial charge in [-0.1, -0.05) is 23.7 Å². The number of amides is 1. The largest absolute Gasteiger partial charge is 0.495 e. The summed E-state index contributed by atoms with van der Waals surface area (Å²) in [4.78, 5) is 26.2. The molecule has 0 atom stereocenters. The highest BCUT2D eigenvalue weighted by Crippen LogP contribution is 2.36. The molecule has 0 saturated heterocycles. The van der Waals surface area contributed by atoms with E-state index in [1.807, 2.05) is 0 Å². The third-order valence-electron chi connectivity index (χ3n) is 4.46. The highest BCUT2D eigenvalue weighted by atomic mass is 35.5. The van der Waals surface area contributed by atoms with Crippen LogP contribution in [0.3, 0.4) is 0 Å². The second-order valence-corrected chi connectivity index (χ2v) is 7.29. The molecule has 2 rings (SSSR count). The van der Waals surface area contributed by atoms with Gasteiger partial charge in [0.1, 0.15) is 11.5 Å². The zero-order valence-corrected chi connectivity index (χ0v) is 19.0. The van der Waals surface area contributed by atoms with Crippen LogP contribution in [0.1, 0.15) is 18.1 Å². The highest BCUT2D eigenvalue weighted by molar-refractivity contribution is 6.32. The molecule has 2 aromatic rings. The van der Waals surface area contributed by atoms with E-state index in [4.69, 9.17) is 25.8 Å². The van der Waals surface area contributed by atoms with E-state index in [2.05, 4.69) is 5.32 Å². The maximum absolute atomic E-state index is 12.8. The van der Waals surface area contributed by atoms with Crippen LogP contribution in [-0.4, -0.2) is 50.7 Å². The van der Waals surface area contributed by atoms with Crippen LogP contribution in [0.5, 0.6) is 11.5 Å². The molecule has 2 aromatic carbocycles. The Balaban J connectivity index is 2.17. The van der Waals surface area contributed by atoms with Gasteiger partial charge in [0.15, 0.2) is 0 Å². The van der Waals surface area contributed by atoms with Crippen molar-refractivity contribution in [1.82, 2.24) is 4.90 Å². The summed E-state index contributed by atoms with van der Waals surface area (Å²) in [5.74, 6) is -0.438. The van der Waals surface area contributed by atoms with E-state index in [1.165, 1.54) is 43.4 Å². The van der Waals surface area contributed by atoms with Crippen LogP contribution >= 0.6 is 11.6 Å². The standard InChI is InChI=1S/C22H24ClF3N2O5/c1-4-33-21(30)13-28(11-14-5-7-15(8-6-14)22(24,25)26)12-20(29)27-17-10-18(31-2)16(23)9-19(17)32-3/h5-10H,4,11-13H2,1-3H3,(H,27,29). The number of rotatable bonds is 10. The number of alkyl halides is 3. The Morgan fingerprint density at radius 2 is 1.67 bits per heavy atom. The van der Waals surface area contributed by atoms with Gasteiger partial charge in [0.05, 0.1) is 50.2 Å². The molecule has 1 amide bonds. The molecule has 0 bridgehead atoms. The van der Waals surface area contributed by atoms with Crippen LogP contribution in [0.4, 0.5) is 18.9 Å². The van der Waals surface area contributed by atoms with Crippen LogP contribution in [0, 0.1) is 0 Å². The number of hydrogen-bond acceptors (Lipinski definition) is 6. The zero-order valence-electron chi connectivity index (χ0n) is 18.3. The number of hydrogen-bond donors (Lipinski definition) is 1. The molecule has 7 nitrogen and oxygen atoms in total. The lowest BCUT2D eigenvalue weighted by molar-refractivity contribution is -0.144. The molecule has 0 saturated carbocycles. The Hall–Kier alpha value is -2.98. The van der Waals surface area contributed by atoms with E-state index in [0.29, 0.717) is 27.8 Å². The first-order chi connectivity index (χ1) is 15.6. The van der Waals surface area contributed by atoms with Crippen molar-refractivity contribution in [2.75, 3.05) is 39.2 Å². The fourth-order valence-electron chi connectivity index (χ4n) is 2.97. The SMILES string of the molecule is CCOC(=O)CN(CC(=O)Nc1cc(OC)c(Cl)cc1OC)Cc1ccc(C(F)(F)F)cc1. The number of halogens is 4. The minimum atomic E-state index is -4.46. The third-order valence-corrected chi connectivity index (χ3v) is 4.76. The number of ether oxygens (including phenoxy) is 3. The van der Waals surface area contributed by atoms with E-state index < -0.39 is 23.6 Å². The van der Waals surface area contributed by atoms with Crippen molar-refractivity contribution in [3.8, 4) is 11.5 Å². The fourth-order valence-corrected chi connectivity index (χ4v) is 3.20. The summed E-state index contributed by atoms with van der Waals surface area (Å²) in [5, 5.41) is 2.96. The molecule has 0 aliphatic rings. The molecule has 0 fully saturated rings. The van der Waals surface area contributed by atoms with Crippen LogP contribution < -0.4 is 14.8 Å². The van der Waals surface area contributed by atoms with Gasteiger partial charge in [-0.25, -0.2) is 0 Å². The first-order valence-electron chi connectivity index (χ1n) is 9.82. The minimum Gasteiger partial charge on any atom is -0.495 e. The number of esters is 1. The van der Waals surface area contributed by atoms with Gasteiger partial charge in [0, 0.05) is 18.7 Å². The van der Waals surface area contributed by atoms with Gasteiger partial charge in [-0.15, -0.1) is 0 Å². The molecule has 0 unspecified atom stereocenters. The molecule has 0 radical (unpaired) electrons. The van der Waals surface area contributed by atoms with Crippen LogP contribution in [0.25, 0.3) is 0 Å². The Morgan fingerprint density at radius 3 is 2.21 bits per heavy atom. The zero-order chi connectivity index (χ0) is 24.6. The molecule has 180 valence electrons. The summed E-state index contributed by atoms with van der Waals surface area (Å²) < 4.78 is 53.7. The summed E-state index contributed by atoms with van der Waals surface area (Å²) >= 11 is 6.07. The van der Waals surface area contributed by atoms with Crippen LogP contribution in [0.15, 0.2) is 36.4 Å². The van der Waals surface area contributed by atoms with Crippen molar-refractivity contribution >= 4 is 29.2 Å². The summed E-state index contributed by atoms with van der Waals surface area (Å²) in [5.41, 5.74) is 0.00456. The van der Waals surface area contributed by atoms with Gasteiger partial charge in [0.25, 0.3) is 0 Å². The second-order valence-electron chi connectivity index (χ2n) is 6.88. The van der Waals surface area contributed by atoms with E-state index in [9.17, 15) is 22.8 Å². The van der Waals surface area contributed by atoms with Gasteiger partial charge in [-0.2, -0.15) is 13.2 Å². The average molecular weight is 489 g/mol. The van der Waals surface area contributed by atoms with Gasteiger partial charge in [-0.05, 0) is 24.6 Å². The number of benzene rings is 2. The first kappa shape index (κ1) is 26.3. The topological polar surface area (TPSA) is 77.1 Å².